The Hall–Kier alpha value is -1.11. The van der Waals surface area contributed by atoms with Gasteiger partial charge in [-0.15, -0.1) is 0 Å². The Morgan fingerprint density at radius 3 is 2.60 bits per heavy atom. The van der Waals surface area contributed by atoms with Crippen molar-refractivity contribution >= 4 is 27.5 Å². The summed E-state index contributed by atoms with van der Waals surface area (Å²) in [6.07, 6.45) is 6.69. The molecule has 1 aliphatic heterocycles. The van der Waals surface area contributed by atoms with Crippen LogP contribution in [0.25, 0.3) is 0 Å². The van der Waals surface area contributed by atoms with Crippen LogP contribution in [0.3, 0.4) is 0 Å². The maximum Gasteiger partial charge on any atom is 0.244 e. The molecule has 0 spiro atoms. The molecule has 138 valence electrons. The van der Waals surface area contributed by atoms with Gasteiger partial charge in [-0.05, 0) is 50.3 Å². The summed E-state index contributed by atoms with van der Waals surface area (Å²) in [6.45, 7) is 2.07. The van der Waals surface area contributed by atoms with Crippen LogP contribution in [0.5, 0.6) is 0 Å². The molecule has 1 aromatic carbocycles. The second-order valence-electron chi connectivity index (χ2n) is 6.98. The van der Waals surface area contributed by atoms with Gasteiger partial charge in [0.05, 0.1) is 4.90 Å². The predicted molar refractivity (Wildman–Crippen MR) is 98.1 cm³/mol. The normalized spacial score (nSPS) is 22.9. The Balaban J connectivity index is 1.80. The number of rotatable bonds is 4. The topological polar surface area (TPSA) is 66.5 Å². The molecule has 2 fully saturated rings. The van der Waals surface area contributed by atoms with Crippen molar-refractivity contribution in [3.05, 3.63) is 28.8 Å². The molecular formula is C18H25ClN2O3S. The largest absolute Gasteiger partial charge is 0.352 e. The highest BCUT2D eigenvalue weighted by molar-refractivity contribution is 7.89. The van der Waals surface area contributed by atoms with Gasteiger partial charge in [-0.25, -0.2) is 8.42 Å². The number of sulfonamides is 1. The van der Waals surface area contributed by atoms with E-state index >= 15 is 0 Å². The standard InChI is InChI=1S/C18H25ClN2O3S/c1-13-15(19)9-5-11-17(13)25(23,24)21-12-6-10-16(21)18(22)20-14-7-3-2-4-8-14/h5,9,11,14,16H,2-4,6-8,10,12H2,1H3,(H,20,22)/t16-/m1/s1. The van der Waals surface area contributed by atoms with Gasteiger partial charge in [0.25, 0.3) is 0 Å². The molecule has 1 aliphatic carbocycles. The maximum atomic E-state index is 13.1. The fraction of sp³-hybridized carbons (Fsp3) is 0.611. The highest BCUT2D eigenvalue weighted by atomic mass is 35.5. The Morgan fingerprint density at radius 1 is 1.16 bits per heavy atom. The number of hydrogen-bond acceptors (Lipinski definition) is 3. The van der Waals surface area contributed by atoms with Crippen LogP contribution in [-0.4, -0.2) is 37.3 Å². The molecule has 1 amide bonds. The van der Waals surface area contributed by atoms with Crippen molar-refractivity contribution in [1.29, 1.82) is 0 Å². The quantitative estimate of drug-likeness (QED) is 0.866. The van der Waals surface area contributed by atoms with Crippen LogP contribution in [0, 0.1) is 6.92 Å². The van der Waals surface area contributed by atoms with Crippen molar-refractivity contribution < 1.29 is 13.2 Å². The van der Waals surface area contributed by atoms with Crippen molar-refractivity contribution in [3.8, 4) is 0 Å². The fourth-order valence-electron chi connectivity index (χ4n) is 3.83. The van der Waals surface area contributed by atoms with E-state index in [4.69, 9.17) is 11.6 Å². The van der Waals surface area contributed by atoms with Gasteiger partial charge in [0, 0.05) is 17.6 Å². The number of amides is 1. The number of carbonyl (C=O) groups excluding carboxylic acids is 1. The lowest BCUT2D eigenvalue weighted by molar-refractivity contribution is -0.125. The molecule has 0 bridgehead atoms. The van der Waals surface area contributed by atoms with Crippen LogP contribution >= 0.6 is 11.6 Å². The smallest absolute Gasteiger partial charge is 0.244 e. The van der Waals surface area contributed by atoms with Gasteiger partial charge in [-0.1, -0.05) is 36.9 Å². The van der Waals surface area contributed by atoms with E-state index in [0.717, 1.165) is 25.7 Å². The van der Waals surface area contributed by atoms with E-state index < -0.39 is 16.1 Å². The summed E-state index contributed by atoms with van der Waals surface area (Å²) < 4.78 is 27.6. The summed E-state index contributed by atoms with van der Waals surface area (Å²) in [5, 5.41) is 3.49. The first-order chi connectivity index (χ1) is 11.9. The lowest BCUT2D eigenvalue weighted by Crippen LogP contribution is -2.49. The molecule has 1 heterocycles. The monoisotopic (exact) mass is 384 g/mol. The van der Waals surface area contributed by atoms with Gasteiger partial charge < -0.3 is 5.32 Å². The van der Waals surface area contributed by atoms with Crippen LogP contribution in [0.15, 0.2) is 23.1 Å². The Kier molecular flexibility index (Phi) is 5.71. The minimum atomic E-state index is -3.74. The molecule has 7 heteroatoms. The first-order valence-corrected chi connectivity index (χ1v) is 10.8. The second kappa shape index (κ2) is 7.64. The summed E-state index contributed by atoms with van der Waals surface area (Å²) in [4.78, 5) is 12.9. The summed E-state index contributed by atoms with van der Waals surface area (Å²) >= 11 is 6.09. The molecule has 0 radical (unpaired) electrons. The zero-order valence-corrected chi connectivity index (χ0v) is 16.1. The summed E-state index contributed by atoms with van der Waals surface area (Å²) in [7, 11) is -3.74. The van der Waals surface area contributed by atoms with E-state index in [0.29, 0.717) is 30.0 Å². The molecule has 3 rings (SSSR count). The van der Waals surface area contributed by atoms with Gasteiger partial charge in [0.15, 0.2) is 0 Å². The minimum absolute atomic E-state index is 0.160. The average Bonchev–Trinajstić information content (AvgIpc) is 3.09. The van der Waals surface area contributed by atoms with E-state index in [-0.39, 0.29) is 16.8 Å². The van der Waals surface area contributed by atoms with Crippen LogP contribution in [0.4, 0.5) is 0 Å². The van der Waals surface area contributed by atoms with Gasteiger partial charge in [0.1, 0.15) is 6.04 Å². The third kappa shape index (κ3) is 3.86. The summed E-state index contributed by atoms with van der Waals surface area (Å²) in [6, 6.07) is 4.43. The zero-order chi connectivity index (χ0) is 18.0. The van der Waals surface area contributed by atoms with Crippen LogP contribution in [0.2, 0.25) is 5.02 Å². The predicted octanol–water partition coefficient (Wildman–Crippen LogP) is 3.25. The minimum Gasteiger partial charge on any atom is -0.352 e. The Labute approximate surface area is 154 Å². The van der Waals surface area contributed by atoms with Crippen molar-refractivity contribution in [1.82, 2.24) is 9.62 Å². The van der Waals surface area contributed by atoms with Crippen LogP contribution in [-0.2, 0) is 14.8 Å². The highest BCUT2D eigenvalue weighted by Crippen LogP contribution is 2.30. The zero-order valence-electron chi connectivity index (χ0n) is 14.5. The summed E-state index contributed by atoms with van der Waals surface area (Å²) in [5.74, 6) is -0.160. The molecule has 1 atom stereocenters. The highest BCUT2D eigenvalue weighted by Gasteiger charge is 2.40. The lowest BCUT2D eigenvalue weighted by Gasteiger charge is -2.28. The molecule has 0 aromatic heterocycles. The van der Waals surface area contributed by atoms with Crippen molar-refractivity contribution in [2.45, 2.75) is 68.8 Å². The van der Waals surface area contributed by atoms with E-state index in [1.807, 2.05) is 0 Å². The lowest BCUT2D eigenvalue weighted by atomic mass is 9.95. The van der Waals surface area contributed by atoms with E-state index in [9.17, 15) is 13.2 Å². The van der Waals surface area contributed by atoms with Crippen LogP contribution in [0.1, 0.15) is 50.5 Å². The molecule has 5 nitrogen and oxygen atoms in total. The number of hydrogen-bond donors (Lipinski definition) is 1. The fourth-order valence-corrected chi connectivity index (χ4v) is 5.96. The number of benzene rings is 1. The van der Waals surface area contributed by atoms with Gasteiger partial charge >= 0.3 is 0 Å². The third-order valence-corrected chi connectivity index (χ3v) is 7.72. The third-order valence-electron chi connectivity index (χ3n) is 5.26. The molecule has 2 aliphatic rings. The average molecular weight is 385 g/mol. The van der Waals surface area contributed by atoms with E-state index in [1.165, 1.54) is 10.7 Å². The molecule has 1 aromatic rings. The SMILES string of the molecule is Cc1c(Cl)cccc1S(=O)(=O)N1CCC[C@@H]1C(=O)NC1CCCCC1. The number of nitrogens with zero attached hydrogens (tertiary/aromatic N) is 1. The van der Waals surface area contributed by atoms with Crippen molar-refractivity contribution in [2.75, 3.05) is 6.54 Å². The second-order valence-corrected chi connectivity index (χ2v) is 9.25. The van der Waals surface area contributed by atoms with Crippen molar-refractivity contribution in [2.24, 2.45) is 0 Å². The van der Waals surface area contributed by atoms with Gasteiger partial charge in [0.2, 0.25) is 15.9 Å². The first kappa shape index (κ1) is 18.7. The van der Waals surface area contributed by atoms with Crippen LogP contribution < -0.4 is 5.32 Å². The molecule has 0 unspecified atom stereocenters. The number of nitrogens with one attached hydrogen (secondary N) is 1. The van der Waals surface area contributed by atoms with E-state index in [1.54, 1.807) is 25.1 Å². The van der Waals surface area contributed by atoms with Crippen molar-refractivity contribution in [3.63, 3.8) is 0 Å². The summed E-state index contributed by atoms with van der Waals surface area (Å²) in [5.41, 5.74) is 0.530. The van der Waals surface area contributed by atoms with Gasteiger partial charge in [-0.2, -0.15) is 4.31 Å². The molecule has 1 N–H and O–H groups in total. The number of carbonyl (C=O) groups is 1. The van der Waals surface area contributed by atoms with Gasteiger partial charge in [-0.3, -0.25) is 4.79 Å². The molecule has 1 saturated carbocycles. The Morgan fingerprint density at radius 2 is 1.88 bits per heavy atom. The molecule has 25 heavy (non-hydrogen) atoms. The molecule has 1 saturated heterocycles. The first-order valence-electron chi connectivity index (χ1n) is 8.98. The number of halogens is 1. The molecular weight excluding hydrogens is 360 g/mol. The maximum absolute atomic E-state index is 13.1. The Bertz CT molecular complexity index is 745. The van der Waals surface area contributed by atoms with E-state index in [2.05, 4.69) is 5.32 Å².